The van der Waals surface area contributed by atoms with Crippen LogP contribution >= 0.6 is 0 Å². The van der Waals surface area contributed by atoms with Gasteiger partial charge in [-0.2, -0.15) is 9.50 Å². The van der Waals surface area contributed by atoms with E-state index in [9.17, 15) is 9.59 Å². The first kappa shape index (κ1) is 20.0. The first-order valence-electron chi connectivity index (χ1n) is 9.83. The number of nitrogen functional groups attached to an aromatic ring is 1. The summed E-state index contributed by atoms with van der Waals surface area (Å²) >= 11 is 0. The third-order valence-electron chi connectivity index (χ3n) is 5.27. The lowest BCUT2D eigenvalue weighted by Gasteiger charge is -2.24. The molecule has 28 heavy (non-hydrogen) atoms. The Kier molecular flexibility index (Phi) is 6.11. The monoisotopic (exact) mass is 388 g/mol. The van der Waals surface area contributed by atoms with E-state index < -0.39 is 12.1 Å². The lowest BCUT2D eigenvalue weighted by molar-refractivity contribution is -0.155. The Morgan fingerprint density at radius 3 is 2.68 bits per heavy atom. The number of hydrogen-bond donors (Lipinski definition) is 2. The van der Waals surface area contributed by atoms with E-state index in [-0.39, 0.29) is 24.3 Å². The molecule has 2 aromatic heterocycles. The molecule has 9 nitrogen and oxygen atoms in total. The molecule has 9 heteroatoms. The summed E-state index contributed by atoms with van der Waals surface area (Å²) in [5, 5.41) is 7.10. The normalized spacial score (nSPS) is 16.1. The summed E-state index contributed by atoms with van der Waals surface area (Å²) in [6.07, 6.45) is 5.27. The van der Waals surface area contributed by atoms with Crippen molar-refractivity contribution in [1.82, 2.24) is 24.9 Å². The van der Waals surface area contributed by atoms with E-state index >= 15 is 0 Å². The molecule has 1 fully saturated rings. The predicted octanol–water partition coefficient (Wildman–Crippen LogP) is 1.64. The zero-order chi connectivity index (χ0) is 20.3. The molecule has 0 radical (unpaired) electrons. The van der Waals surface area contributed by atoms with Crippen LogP contribution in [0.4, 0.5) is 5.95 Å². The van der Waals surface area contributed by atoms with Crippen LogP contribution in [0.2, 0.25) is 0 Å². The van der Waals surface area contributed by atoms with Gasteiger partial charge in [0.05, 0.1) is 0 Å². The van der Waals surface area contributed by atoms with Gasteiger partial charge >= 0.3 is 5.97 Å². The minimum absolute atomic E-state index is 0.153. The standard InChI is InChI=1S/C19H28N6O3/c1-11-15(12(2)25-19(21-11)23-18(20)24-25)9-10-16(26)28-13(3)17(27)22-14-7-5-4-6-8-14/h13-14H,4-10H2,1-3H3,(H2,20,24)(H,22,27). The Hall–Kier alpha value is -2.71. The van der Waals surface area contributed by atoms with E-state index in [1.165, 1.54) is 6.42 Å². The van der Waals surface area contributed by atoms with Crippen molar-refractivity contribution in [3.63, 3.8) is 0 Å². The van der Waals surface area contributed by atoms with Gasteiger partial charge in [0.25, 0.3) is 11.7 Å². The Labute approximate surface area is 164 Å². The molecule has 1 atom stereocenters. The quantitative estimate of drug-likeness (QED) is 0.721. The number of nitrogens with zero attached hydrogens (tertiary/aromatic N) is 4. The van der Waals surface area contributed by atoms with Crippen molar-refractivity contribution < 1.29 is 14.3 Å². The molecule has 1 saturated carbocycles. The molecule has 152 valence electrons. The van der Waals surface area contributed by atoms with Crippen molar-refractivity contribution in [1.29, 1.82) is 0 Å². The second-order valence-electron chi connectivity index (χ2n) is 7.42. The zero-order valence-electron chi connectivity index (χ0n) is 16.7. The Bertz CT molecular complexity index is 872. The van der Waals surface area contributed by atoms with Gasteiger partial charge in [0.15, 0.2) is 6.10 Å². The predicted molar refractivity (Wildman–Crippen MR) is 104 cm³/mol. The van der Waals surface area contributed by atoms with Gasteiger partial charge < -0.3 is 15.8 Å². The van der Waals surface area contributed by atoms with E-state index in [0.717, 1.165) is 42.6 Å². The lowest BCUT2D eigenvalue weighted by atomic mass is 9.95. The van der Waals surface area contributed by atoms with Crippen molar-refractivity contribution in [3.8, 4) is 0 Å². The summed E-state index contributed by atoms with van der Waals surface area (Å²) < 4.78 is 6.89. The number of aryl methyl sites for hydroxylation is 2. The van der Waals surface area contributed by atoms with Gasteiger partial charge in [-0.3, -0.25) is 9.59 Å². The van der Waals surface area contributed by atoms with Crippen LogP contribution in [-0.4, -0.2) is 43.6 Å². The molecule has 0 spiro atoms. The van der Waals surface area contributed by atoms with Gasteiger partial charge in [0.2, 0.25) is 5.95 Å². The minimum atomic E-state index is -0.799. The molecule has 3 rings (SSSR count). The molecule has 1 unspecified atom stereocenters. The Morgan fingerprint density at radius 2 is 1.96 bits per heavy atom. The Balaban J connectivity index is 1.55. The number of aromatic nitrogens is 4. The molecule has 3 N–H and O–H groups in total. The van der Waals surface area contributed by atoms with Crippen molar-refractivity contribution in [3.05, 3.63) is 17.0 Å². The number of hydrogen-bond acceptors (Lipinski definition) is 7. The highest BCUT2D eigenvalue weighted by Gasteiger charge is 2.22. The molecule has 2 heterocycles. The van der Waals surface area contributed by atoms with Crippen molar-refractivity contribution in [2.24, 2.45) is 0 Å². The number of esters is 1. The van der Waals surface area contributed by atoms with E-state index in [4.69, 9.17) is 10.5 Å². The third-order valence-corrected chi connectivity index (χ3v) is 5.27. The number of nitrogens with two attached hydrogens (primary N) is 1. The van der Waals surface area contributed by atoms with Gasteiger partial charge in [0, 0.05) is 23.9 Å². The topological polar surface area (TPSA) is 124 Å². The minimum Gasteiger partial charge on any atom is -0.453 e. The van der Waals surface area contributed by atoms with Crippen LogP contribution in [0.5, 0.6) is 0 Å². The second-order valence-corrected chi connectivity index (χ2v) is 7.42. The van der Waals surface area contributed by atoms with Crippen LogP contribution in [0.15, 0.2) is 0 Å². The maximum Gasteiger partial charge on any atom is 0.306 e. The third kappa shape index (κ3) is 4.58. The highest BCUT2D eigenvalue weighted by molar-refractivity contribution is 5.83. The largest absolute Gasteiger partial charge is 0.453 e. The van der Waals surface area contributed by atoms with Gasteiger partial charge in [-0.1, -0.05) is 19.3 Å². The van der Waals surface area contributed by atoms with Crippen LogP contribution in [0.25, 0.3) is 5.78 Å². The Morgan fingerprint density at radius 1 is 1.25 bits per heavy atom. The smallest absolute Gasteiger partial charge is 0.306 e. The molecule has 0 aromatic carbocycles. The fourth-order valence-corrected chi connectivity index (χ4v) is 3.69. The van der Waals surface area contributed by atoms with Crippen LogP contribution < -0.4 is 11.1 Å². The SMILES string of the molecule is Cc1nc2nc(N)nn2c(C)c1CCC(=O)OC(C)C(=O)NC1CCCCC1. The van der Waals surface area contributed by atoms with Crippen LogP contribution in [0, 0.1) is 13.8 Å². The maximum atomic E-state index is 12.2. The van der Waals surface area contributed by atoms with E-state index in [1.54, 1.807) is 11.4 Å². The number of carbonyl (C=O) groups is 2. The highest BCUT2D eigenvalue weighted by Crippen LogP contribution is 2.18. The summed E-state index contributed by atoms with van der Waals surface area (Å²) in [7, 11) is 0. The average Bonchev–Trinajstić information content (AvgIpc) is 3.02. The number of fused-ring (bicyclic) bond motifs is 1. The van der Waals surface area contributed by atoms with Gasteiger partial charge in [0.1, 0.15) is 0 Å². The maximum absolute atomic E-state index is 12.2. The summed E-state index contributed by atoms with van der Waals surface area (Å²) in [5.41, 5.74) is 8.14. The first-order chi connectivity index (χ1) is 13.3. The average molecular weight is 388 g/mol. The van der Waals surface area contributed by atoms with Gasteiger partial charge in [-0.05, 0) is 45.6 Å². The first-order valence-corrected chi connectivity index (χ1v) is 9.83. The van der Waals surface area contributed by atoms with Crippen LogP contribution in [0.1, 0.15) is 62.4 Å². The molecule has 1 aliphatic rings. The molecular formula is C19H28N6O3. The molecule has 1 aliphatic carbocycles. The molecule has 0 bridgehead atoms. The summed E-state index contributed by atoms with van der Waals surface area (Å²) in [4.78, 5) is 32.9. The van der Waals surface area contributed by atoms with E-state index in [1.807, 2.05) is 13.8 Å². The number of carbonyl (C=O) groups excluding carboxylic acids is 2. The summed E-state index contributed by atoms with van der Waals surface area (Å²) in [6.45, 7) is 5.36. The number of rotatable bonds is 6. The summed E-state index contributed by atoms with van der Waals surface area (Å²) in [5.74, 6) is -0.0479. The second kappa shape index (κ2) is 8.53. The van der Waals surface area contributed by atoms with E-state index in [0.29, 0.717) is 12.2 Å². The van der Waals surface area contributed by atoms with Gasteiger partial charge in [-0.15, -0.1) is 5.10 Å². The fourth-order valence-electron chi connectivity index (χ4n) is 3.69. The van der Waals surface area contributed by atoms with Crippen molar-refractivity contribution in [2.45, 2.75) is 77.9 Å². The number of amides is 1. The van der Waals surface area contributed by atoms with Gasteiger partial charge in [-0.25, -0.2) is 4.98 Å². The molecule has 1 amide bonds. The fraction of sp³-hybridized carbons (Fsp3) is 0.632. The number of ether oxygens (including phenoxy) is 1. The van der Waals surface area contributed by atoms with Crippen LogP contribution in [-0.2, 0) is 20.7 Å². The molecule has 2 aromatic rings. The van der Waals surface area contributed by atoms with Crippen LogP contribution in [0.3, 0.4) is 0 Å². The lowest BCUT2D eigenvalue weighted by Crippen LogP contribution is -2.42. The summed E-state index contributed by atoms with van der Waals surface area (Å²) in [6, 6.07) is 0.195. The van der Waals surface area contributed by atoms with Crippen molar-refractivity contribution in [2.75, 3.05) is 5.73 Å². The molecule has 0 aliphatic heterocycles. The zero-order valence-corrected chi connectivity index (χ0v) is 16.7. The molecular weight excluding hydrogens is 360 g/mol. The molecule has 0 saturated heterocycles. The number of anilines is 1. The van der Waals surface area contributed by atoms with E-state index in [2.05, 4.69) is 20.4 Å². The van der Waals surface area contributed by atoms with Crippen molar-refractivity contribution >= 4 is 23.6 Å². The number of nitrogens with one attached hydrogen (secondary N) is 1. The highest BCUT2D eigenvalue weighted by atomic mass is 16.5.